The molecule has 1 aliphatic heterocycles. The highest BCUT2D eigenvalue weighted by Gasteiger charge is 2.24. The highest BCUT2D eigenvalue weighted by Crippen LogP contribution is 2.31. The van der Waals surface area contributed by atoms with E-state index in [1.807, 2.05) is 35.2 Å². The number of amides is 1. The van der Waals surface area contributed by atoms with Gasteiger partial charge < -0.3 is 9.88 Å². The minimum atomic E-state index is -0.282. The van der Waals surface area contributed by atoms with Gasteiger partial charge in [0, 0.05) is 30.1 Å². The topological polar surface area (TPSA) is 61.4 Å². The first-order valence-electron chi connectivity index (χ1n) is 7.44. The number of carbonyl (C=O) groups excluding carboxylic acids is 1. The van der Waals surface area contributed by atoms with Gasteiger partial charge >= 0.3 is 0 Å². The molecule has 1 aromatic carbocycles. The molecular weight excluding hydrogens is 344 g/mol. The zero-order chi connectivity index (χ0) is 16.5. The van der Waals surface area contributed by atoms with E-state index in [-0.39, 0.29) is 5.91 Å². The zero-order valence-electron chi connectivity index (χ0n) is 12.6. The van der Waals surface area contributed by atoms with Gasteiger partial charge in [0.1, 0.15) is 5.65 Å². The first-order chi connectivity index (χ1) is 11.7. The summed E-state index contributed by atoms with van der Waals surface area (Å²) in [5, 5.41) is 2.10. The molecule has 1 fully saturated rings. The number of fused-ring (bicyclic) bond motifs is 1. The van der Waals surface area contributed by atoms with Crippen LogP contribution in [0.15, 0.2) is 53.8 Å². The van der Waals surface area contributed by atoms with Crippen molar-refractivity contribution < 1.29 is 4.79 Å². The van der Waals surface area contributed by atoms with Crippen LogP contribution in [0.3, 0.4) is 0 Å². The standard InChI is InChI=1S/C17H13ClN4OS/c18-13-5-1-2-6-14(13)22-8-9-24-17(22)21-16(23)12-10-20-15-11(12)4-3-7-19-15/h1-7,10H,8-9H2,(H,19,20)/b21-17-. The van der Waals surface area contributed by atoms with Crippen molar-refractivity contribution in [2.24, 2.45) is 4.99 Å². The second-order valence-electron chi connectivity index (χ2n) is 5.25. The molecule has 0 radical (unpaired) electrons. The summed E-state index contributed by atoms with van der Waals surface area (Å²) in [5.41, 5.74) is 2.08. The number of anilines is 1. The molecule has 0 atom stereocenters. The number of carbonyl (C=O) groups is 1. The Morgan fingerprint density at radius 3 is 3.04 bits per heavy atom. The third kappa shape index (κ3) is 2.68. The molecule has 5 nitrogen and oxygen atoms in total. The number of benzene rings is 1. The number of aliphatic imine (C=N–C) groups is 1. The summed E-state index contributed by atoms with van der Waals surface area (Å²) in [6.07, 6.45) is 3.34. The van der Waals surface area contributed by atoms with Crippen LogP contribution in [-0.2, 0) is 0 Å². The summed E-state index contributed by atoms with van der Waals surface area (Å²) >= 11 is 7.84. The largest absolute Gasteiger partial charge is 0.345 e. The number of halogens is 1. The number of H-pyrrole nitrogens is 1. The number of hydrogen-bond donors (Lipinski definition) is 1. The zero-order valence-corrected chi connectivity index (χ0v) is 14.1. The van der Waals surface area contributed by atoms with Crippen molar-refractivity contribution in [3.63, 3.8) is 0 Å². The van der Waals surface area contributed by atoms with Crippen LogP contribution in [0.2, 0.25) is 5.02 Å². The van der Waals surface area contributed by atoms with Crippen LogP contribution >= 0.6 is 23.4 Å². The van der Waals surface area contributed by atoms with Crippen LogP contribution in [0.25, 0.3) is 11.0 Å². The lowest BCUT2D eigenvalue weighted by Gasteiger charge is -2.18. The molecule has 1 N–H and O–H groups in total. The lowest BCUT2D eigenvalue weighted by molar-refractivity contribution is 0.100. The lowest BCUT2D eigenvalue weighted by atomic mass is 10.2. The summed E-state index contributed by atoms with van der Waals surface area (Å²) in [7, 11) is 0. The van der Waals surface area contributed by atoms with Crippen LogP contribution in [0.4, 0.5) is 5.69 Å². The molecule has 7 heteroatoms. The number of aromatic nitrogens is 2. The van der Waals surface area contributed by atoms with E-state index in [0.29, 0.717) is 21.4 Å². The molecule has 3 heterocycles. The Hall–Kier alpha value is -2.31. The van der Waals surface area contributed by atoms with E-state index in [4.69, 9.17) is 11.6 Å². The van der Waals surface area contributed by atoms with Gasteiger partial charge in [-0.15, -0.1) is 0 Å². The van der Waals surface area contributed by atoms with E-state index in [0.717, 1.165) is 23.4 Å². The second kappa shape index (κ2) is 6.30. The molecule has 1 amide bonds. The summed E-state index contributed by atoms with van der Waals surface area (Å²) in [6, 6.07) is 11.2. The molecule has 0 spiro atoms. The third-order valence-electron chi connectivity index (χ3n) is 3.80. The quantitative estimate of drug-likeness (QED) is 0.754. The Morgan fingerprint density at radius 2 is 2.17 bits per heavy atom. The van der Waals surface area contributed by atoms with E-state index < -0.39 is 0 Å². The van der Waals surface area contributed by atoms with Gasteiger partial charge in [0.2, 0.25) is 0 Å². The van der Waals surface area contributed by atoms with Gasteiger partial charge in [-0.25, -0.2) is 4.98 Å². The molecule has 120 valence electrons. The van der Waals surface area contributed by atoms with Gasteiger partial charge in [-0.3, -0.25) is 4.79 Å². The summed E-state index contributed by atoms with van der Waals surface area (Å²) in [5.74, 6) is 0.586. The smallest absolute Gasteiger partial charge is 0.281 e. The van der Waals surface area contributed by atoms with Crippen LogP contribution in [0.5, 0.6) is 0 Å². The van der Waals surface area contributed by atoms with E-state index >= 15 is 0 Å². The van der Waals surface area contributed by atoms with Gasteiger partial charge in [0.15, 0.2) is 5.17 Å². The first-order valence-corrected chi connectivity index (χ1v) is 8.80. The molecule has 0 aliphatic carbocycles. The fraction of sp³-hybridized carbons (Fsp3) is 0.118. The molecule has 2 aromatic heterocycles. The monoisotopic (exact) mass is 356 g/mol. The van der Waals surface area contributed by atoms with Crippen LogP contribution in [-0.4, -0.2) is 33.3 Å². The fourth-order valence-electron chi connectivity index (χ4n) is 2.67. The molecule has 0 saturated carbocycles. The summed E-state index contributed by atoms with van der Waals surface area (Å²) in [4.78, 5) is 26.1. The predicted molar refractivity (Wildman–Crippen MR) is 99.1 cm³/mol. The number of aromatic amines is 1. The Balaban J connectivity index is 1.69. The molecule has 3 aromatic rings. The number of hydrogen-bond acceptors (Lipinski definition) is 3. The van der Waals surface area contributed by atoms with Crippen molar-refractivity contribution in [1.82, 2.24) is 9.97 Å². The number of nitrogens with zero attached hydrogens (tertiary/aromatic N) is 3. The average Bonchev–Trinajstić information content (AvgIpc) is 3.22. The van der Waals surface area contributed by atoms with Gasteiger partial charge in [0.05, 0.1) is 16.3 Å². The SMILES string of the molecule is O=C(/N=C1\SCCN1c1ccccc1Cl)c1c[nH]c2ncccc12. The Labute approximate surface area is 147 Å². The van der Waals surface area contributed by atoms with Crippen molar-refractivity contribution in [1.29, 1.82) is 0 Å². The molecule has 4 rings (SSSR count). The first kappa shape index (κ1) is 15.2. The number of thioether (sulfide) groups is 1. The van der Waals surface area contributed by atoms with E-state index in [9.17, 15) is 4.79 Å². The molecular formula is C17H13ClN4OS. The average molecular weight is 357 g/mol. The Bertz CT molecular complexity index is 952. The van der Waals surface area contributed by atoms with Crippen molar-refractivity contribution in [3.8, 4) is 0 Å². The maximum absolute atomic E-state index is 12.6. The molecule has 24 heavy (non-hydrogen) atoms. The maximum atomic E-state index is 12.6. The van der Waals surface area contributed by atoms with Crippen molar-refractivity contribution in [3.05, 3.63) is 59.4 Å². The number of rotatable bonds is 2. The molecule has 1 aliphatic rings. The van der Waals surface area contributed by atoms with Crippen LogP contribution in [0, 0.1) is 0 Å². The summed E-state index contributed by atoms with van der Waals surface area (Å²) < 4.78 is 0. The van der Waals surface area contributed by atoms with Crippen molar-refractivity contribution >= 4 is 51.2 Å². The van der Waals surface area contributed by atoms with E-state index in [2.05, 4.69) is 15.0 Å². The third-order valence-corrected chi connectivity index (χ3v) is 5.08. The molecule has 0 unspecified atom stereocenters. The van der Waals surface area contributed by atoms with Crippen molar-refractivity contribution in [2.75, 3.05) is 17.2 Å². The van der Waals surface area contributed by atoms with Crippen LogP contribution in [0.1, 0.15) is 10.4 Å². The summed E-state index contributed by atoms with van der Waals surface area (Å²) in [6.45, 7) is 0.774. The molecule has 0 bridgehead atoms. The fourth-order valence-corrected chi connectivity index (χ4v) is 3.86. The number of para-hydroxylation sites is 1. The second-order valence-corrected chi connectivity index (χ2v) is 6.72. The highest BCUT2D eigenvalue weighted by molar-refractivity contribution is 8.14. The minimum absolute atomic E-state index is 0.282. The van der Waals surface area contributed by atoms with Gasteiger partial charge in [-0.05, 0) is 24.3 Å². The lowest BCUT2D eigenvalue weighted by Crippen LogP contribution is -2.24. The van der Waals surface area contributed by atoms with Crippen LogP contribution < -0.4 is 4.90 Å². The van der Waals surface area contributed by atoms with Gasteiger partial charge in [-0.2, -0.15) is 4.99 Å². The Kier molecular flexibility index (Phi) is 4.00. The Morgan fingerprint density at radius 1 is 1.29 bits per heavy atom. The van der Waals surface area contributed by atoms with Crippen molar-refractivity contribution in [2.45, 2.75) is 0 Å². The number of pyridine rings is 1. The maximum Gasteiger partial charge on any atom is 0.281 e. The predicted octanol–water partition coefficient (Wildman–Crippen LogP) is 3.97. The van der Waals surface area contributed by atoms with E-state index in [1.165, 1.54) is 0 Å². The number of amidine groups is 1. The number of nitrogens with one attached hydrogen (secondary N) is 1. The van der Waals surface area contributed by atoms with E-state index in [1.54, 1.807) is 30.2 Å². The minimum Gasteiger partial charge on any atom is -0.345 e. The van der Waals surface area contributed by atoms with Gasteiger partial charge in [0.25, 0.3) is 5.91 Å². The van der Waals surface area contributed by atoms with Gasteiger partial charge in [-0.1, -0.05) is 35.5 Å². The molecule has 1 saturated heterocycles. The normalized spacial score (nSPS) is 16.2. The highest BCUT2D eigenvalue weighted by atomic mass is 35.5.